The fourth-order valence-electron chi connectivity index (χ4n) is 1.90. The summed E-state index contributed by atoms with van der Waals surface area (Å²) in [5, 5.41) is 10.7. The summed E-state index contributed by atoms with van der Waals surface area (Å²) in [6.07, 6.45) is 0. The molecule has 0 spiro atoms. The monoisotopic (exact) mass is 485 g/mol. The standard InChI is InChI=1S/C16H10Br2FN3O2S/c17-12-5-4-11(7-13(12)18)20-14(23)8-25-16-22-21-15(24-16)9-2-1-3-10(19)6-9/h1-7H,8H2,(H,20,23). The summed E-state index contributed by atoms with van der Waals surface area (Å²) in [6, 6.07) is 11.3. The maximum Gasteiger partial charge on any atom is 0.277 e. The summed E-state index contributed by atoms with van der Waals surface area (Å²) in [5.74, 6) is -0.271. The lowest BCUT2D eigenvalue weighted by atomic mass is 10.2. The molecule has 9 heteroatoms. The number of nitrogens with one attached hydrogen (secondary N) is 1. The Labute approximate surface area is 163 Å². The molecule has 5 nitrogen and oxygen atoms in total. The van der Waals surface area contributed by atoms with E-state index in [0.29, 0.717) is 11.3 Å². The van der Waals surface area contributed by atoms with Crippen LogP contribution >= 0.6 is 43.6 Å². The fraction of sp³-hybridized carbons (Fsp3) is 0.0625. The molecule has 2 aromatic carbocycles. The smallest absolute Gasteiger partial charge is 0.277 e. The molecule has 3 aromatic rings. The third-order valence-electron chi connectivity index (χ3n) is 3.01. The number of nitrogens with zero attached hydrogens (tertiary/aromatic N) is 2. The molecule has 0 aliphatic rings. The van der Waals surface area contributed by atoms with Gasteiger partial charge in [0.1, 0.15) is 5.82 Å². The van der Waals surface area contributed by atoms with Gasteiger partial charge in [-0.3, -0.25) is 4.79 Å². The first-order valence-electron chi connectivity index (χ1n) is 6.98. The van der Waals surface area contributed by atoms with E-state index in [1.807, 2.05) is 6.07 Å². The maximum atomic E-state index is 13.2. The summed E-state index contributed by atoms with van der Waals surface area (Å²) in [6.45, 7) is 0. The number of aromatic nitrogens is 2. The molecule has 25 heavy (non-hydrogen) atoms. The van der Waals surface area contributed by atoms with E-state index in [1.54, 1.807) is 24.3 Å². The molecule has 0 radical (unpaired) electrons. The minimum Gasteiger partial charge on any atom is -0.411 e. The minimum absolute atomic E-state index is 0.110. The SMILES string of the molecule is O=C(CSc1nnc(-c2cccc(F)c2)o1)Nc1ccc(Br)c(Br)c1. The summed E-state index contributed by atoms with van der Waals surface area (Å²) < 4.78 is 20.4. The van der Waals surface area contributed by atoms with Gasteiger partial charge >= 0.3 is 0 Å². The van der Waals surface area contributed by atoms with Gasteiger partial charge in [-0.1, -0.05) is 17.8 Å². The molecule has 1 N–H and O–H groups in total. The summed E-state index contributed by atoms with van der Waals surface area (Å²) in [4.78, 5) is 12.0. The van der Waals surface area contributed by atoms with Crippen molar-refractivity contribution in [2.75, 3.05) is 11.1 Å². The summed E-state index contributed by atoms with van der Waals surface area (Å²) in [5.41, 5.74) is 1.16. The molecule has 0 saturated heterocycles. The number of hydrogen-bond acceptors (Lipinski definition) is 5. The van der Waals surface area contributed by atoms with Crippen LogP contribution in [0.3, 0.4) is 0 Å². The zero-order valence-corrected chi connectivity index (χ0v) is 16.5. The van der Waals surface area contributed by atoms with Crippen molar-refractivity contribution in [2.45, 2.75) is 5.22 Å². The normalized spacial score (nSPS) is 10.7. The third kappa shape index (κ3) is 4.90. The molecular formula is C16H10Br2FN3O2S. The Morgan fingerprint density at radius 1 is 1.16 bits per heavy atom. The predicted molar refractivity (Wildman–Crippen MR) is 101 cm³/mol. The van der Waals surface area contributed by atoms with Crippen molar-refractivity contribution in [3.8, 4) is 11.5 Å². The lowest BCUT2D eigenvalue weighted by Crippen LogP contribution is -2.13. The van der Waals surface area contributed by atoms with Crippen molar-refractivity contribution in [3.05, 3.63) is 57.2 Å². The number of rotatable bonds is 5. The molecule has 0 saturated carbocycles. The van der Waals surface area contributed by atoms with Crippen molar-refractivity contribution < 1.29 is 13.6 Å². The van der Waals surface area contributed by atoms with Gasteiger partial charge in [0.25, 0.3) is 5.22 Å². The summed E-state index contributed by atoms with van der Waals surface area (Å²) >= 11 is 7.85. The molecule has 0 atom stereocenters. The molecule has 0 fully saturated rings. The second kappa shape index (κ2) is 8.11. The quantitative estimate of drug-likeness (QED) is 0.506. The van der Waals surface area contributed by atoms with Gasteiger partial charge in [-0.05, 0) is 68.3 Å². The number of halogens is 3. The number of amides is 1. The molecular weight excluding hydrogens is 477 g/mol. The van der Waals surface area contributed by atoms with E-state index in [9.17, 15) is 9.18 Å². The van der Waals surface area contributed by atoms with E-state index in [1.165, 1.54) is 12.1 Å². The highest BCUT2D eigenvalue weighted by atomic mass is 79.9. The number of anilines is 1. The van der Waals surface area contributed by atoms with Crippen LogP contribution in [-0.4, -0.2) is 21.9 Å². The Bertz CT molecular complexity index is 920. The van der Waals surface area contributed by atoms with E-state index >= 15 is 0 Å². The molecule has 128 valence electrons. The minimum atomic E-state index is -0.384. The predicted octanol–water partition coefficient (Wildman–Crippen LogP) is 5.13. The molecule has 3 rings (SSSR count). The van der Waals surface area contributed by atoms with E-state index in [2.05, 4.69) is 47.4 Å². The number of thioether (sulfide) groups is 1. The Morgan fingerprint density at radius 2 is 2.00 bits per heavy atom. The van der Waals surface area contributed by atoms with Crippen LogP contribution in [0.1, 0.15) is 0 Å². The fourth-order valence-corrected chi connectivity index (χ4v) is 3.09. The second-order valence-corrected chi connectivity index (χ2v) is 7.48. The van der Waals surface area contributed by atoms with Gasteiger partial charge in [0.2, 0.25) is 11.8 Å². The van der Waals surface area contributed by atoms with Crippen LogP contribution in [0.15, 0.2) is 61.0 Å². The first-order valence-corrected chi connectivity index (χ1v) is 9.55. The van der Waals surface area contributed by atoms with Crippen molar-refractivity contribution in [1.82, 2.24) is 10.2 Å². The van der Waals surface area contributed by atoms with Gasteiger partial charge in [-0.15, -0.1) is 10.2 Å². The highest BCUT2D eigenvalue weighted by Crippen LogP contribution is 2.27. The zero-order chi connectivity index (χ0) is 17.8. The number of benzene rings is 2. The molecule has 0 bridgehead atoms. The van der Waals surface area contributed by atoms with Crippen LogP contribution < -0.4 is 5.32 Å². The number of hydrogen-bond donors (Lipinski definition) is 1. The molecule has 0 unspecified atom stereocenters. The van der Waals surface area contributed by atoms with E-state index in [0.717, 1.165) is 20.7 Å². The van der Waals surface area contributed by atoms with E-state index in [4.69, 9.17) is 4.42 Å². The average Bonchev–Trinajstić information content (AvgIpc) is 3.05. The molecule has 1 heterocycles. The van der Waals surface area contributed by atoms with Crippen molar-refractivity contribution in [3.63, 3.8) is 0 Å². The van der Waals surface area contributed by atoms with E-state index < -0.39 is 0 Å². The van der Waals surface area contributed by atoms with Crippen molar-refractivity contribution in [1.29, 1.82) is 0 Å². The van der Waals surface area contributed by atoms with Gasteiger partial charge in [0.05, 0.1) is 5.75 Å². The Kier molecular flexibility index (Phi) is 5.87. The van der Waals surface area contributed by atoms with Crippen LogP contribution in [0.25, 0.3) is 11.5 Å². The Balaban J connectivity index is 1.58. The second-order valence-electron chi connectivity index (χ2n) is 4.85. The van der Waals surface area contributed by atoms with Gasteiger partial charge < -0.3 is 9.73 Å². The molecule has 0 aliphatic heterocycles. The van der Waals surface area contributed by atoms with Crippen molar-refractivity contribution >= 4 is 55.2 Å². The van der Waals surface area contributed by atoms with Gasteiger partial charge in [0.15, 0.2) is 0 Å². The number of carbonyl (C=O) groups excluding carboxylic acids is 1. The van der Waals surface area contributed by atoms with Crippen LogP contribution in [0, 0.1) is 5.82 Å². The van der Waals surface area contributed by atoms with Gasteiger partial charge in [-0.25, -0.2) is 4.39 Å². The van der Waals surface area contributed by atoms with Crippen LogP contribution in [0.5, 0.6) is 0 Å². The summed E-state index contributed by atoms with van der Waals surface area (Å²) in [7, 11) is 0. The number of carbonyl (C=O) groups is 1. The van der Waals surface area contributed by atoms with Crippen molar-refractivity contribution in [2.24, 2.45) is 0 Å². The third-order valence-corrected chi connectivity index (χ3v) is 5.71. The topological polar surface area (TPSA) is 68.0 Å². The van der Waals surface area contributed by atoms with Gasteiger partial charge in [-0.2, -0.15) is 0 Å². The molecule has 0 aliphatic carbocycles. The van der Waals surface area contributed by atoms with Crippen LogP contribution in [0.4, 0.5) is 10.1 Å². The maximum absolute atomic E-state index is 13.2. The zero-order valence-electron chi connectivity index (χ0n) is 12.5. The largest absolute Gasteiger partial charge is 0.411 e. The van der Waals surface area contributed by atoms with Gasteiger partial charge in [0, 0.05) is 20.2 Å². The lowest BCUT2D eigenvalue weighted by Gasteiger charge is -2.05. The molecule has 1 amide bonds. The Hall–Kier alpha value is -1.71. The first-order chi connectivity index (χ1) is 12.0. The Morgan fingerprint density at radius 3 is 2.76 bits per heavy atom. The highest BCUT2D eigenvalue weighted by Gasteiger charge is 2.12. The van der Waals surface area contributed by atoms with E-state index in [-0.39, 0.29) is 28.6 Å². The lowest BCUT2D eigenvalue weighted by molar-refractivity contribution is -0.113. The highest BCUT2D eigenvalue weighted by molar-refractivity contribution is 9.13. The van der Waals surface area contributed by atoms with Crippen LogP contribution in [0.2, 0.25) is 0 Å². The van der Waals surface area contributed by atoms with Crippen LogP contribution in [-0.2, 0) is 4.79 Å². The first kappa shape index (κ1) is 18.1. The molecule has 1 aromatic heterocycles. The average molecular weight is 487 g/mol.